The van der Waals surface area contributed by atoms with Crippen LogP contribution in [0.4, 0.5) is 4.39 Å². The van der Waals surface area contributed by atoms with Gasteiger partial charge in [-0.3, -0.25) is 4.79 Å². The molecule has 16 heavy (non-hydrogen) atoms. The van der Waals surface area contributed by atoms with Crippen LogP contribution >= 0.6 is 11.6 Å². The van der Waals surface area contributed by atoms with Gasteiger partial charge in [-0.05, 0) is 18.1 Å². The number of methoxy groups -OCH3 is 1. The fourth-order valence-electron chi connectivity index (χ4n) is 1.58. The van der Waals surface area contributed by atoms with Crippen LogP contribution in [0.2, 0.25) is 5.02 Å². The van der Waals surface area contributed by atoms with Gasteiger partial charge in [-0.25, -0.2) is 4.39 Å². The van der Waals surface area contributed by atoms with Gasteiger partial charge in [0.2, 0.25) is 0 Å². The average Bonchev–Trinajstić information content (AvgIpc) is 2.19. The molecule has 0 saturated carbocycles. The Labute approximate surface area is 97.8 Å². The summed E-state index contributed by atoms with van der Waals surface area (Å²) in [6, 6.07) is 2.59. The second-order valence-electron chi connectivity index (χ2n) is 3.48. The molecular weight excluding hydrogens is 235 g/mol. The maximum absolute atomic E-state index is 13.4. The zero-order valence-electron chi connectivity index (χ0n) is 8.96. The highest BCUT2D eigenvalue weighted by Crippen LogP contribution is 2.36. The third-order valence-corrected chi connectivity index (χ3v) is 2.60. The highest BCUT2D eigenvalue weighted by Gasteiger charge is 2.20. The van der Waals surface area contributed by atoms with Gasteiger partial charge in [-0.2, -0.15) is 0 Å². The normalized spacial score (nSPS) is 12.2. The first kappa shape index (κ1) is 12.8. The molecule has 0 heterocycles. The lowest BCUT2D eigenvalue weighted by Crippen LogP contribution is -2.06. The van der Waals surface area contributed by atoms with E-state index in [1.165, 1.54) is 19.2 Å². The van der Waals surface area contributed by atoms with Crippen molar-refractivity contribution in [2.45, 2.75) is 19.3 Å². The zero-order valence-corrected chi connectivity index (χ0v) is 9.71. The van der Waals surface area contributed by atoms with Gasteiger partial charge in [0.05, 0.1) is 13.5 Å². The molecule has 0 spiro atoms. The molecule has 1 unspecified atom stereocenters. The summed E-state index contributed by atoms with van der Waals surface area (Å²) >= 11 is 5.92. The van der Waals surface area contributed by atoms with Crippen LogP contribution in [0.15, 0.2) is 12.1 Å². The van der Waals surface area contributed by atoms with Crippen molar-refractivity contribution in [3.05, 3.63) is 28.5 Å². The predicted octanol–water partition coefficient (Wildman–Crippen LogP) is 3.07. The summed E-state index contributed by atoms with van der Waals surface area (Å²) < 4.78 is 18.3. The molecule has 1 atom stereocenters. The number of carboxylic acids is 1. The molecule has 0 bridgehead atoms. The summed E-state index contributed by atoms with van der Waals surface area (Å²) in [6.45, 7) is 1.66. The molecule has 0 radical (unpaired) electrons. The molecular formula is C11H12ClFO3. The maximum atomic E-state index is 13.4. The molecule has 0 aliphatic rings. The Balaban J connectivity index is 3.19. The summed E-state index contributed by atoms with van der Waals surface area (Å²) in [5, 5.41) is 9.00. The minimum absolute atomic E-state index is 0.0150. The number of carbonyl (C=O) groups is 1. The van der Waals surface area contributed by atoms with Crippen molar-refractivity contribution >= 4 is 17.6 Å². The van der Waals surface area contributed by atoms with Gasteiger partial charge in [0.15, 0.2) is 11.6 Å². The molecule has 1 aromatic rings. The minimum Gasteiger partial charge on any atom is -0.493 e. The van der Waals surface area contributed by atoms with E-state index in [4.69, 9.17) is 21.4 Å². The molecule has 88 valence electrons. The van der Waals surface area contributed by atoms with Crippen molar-refractivity contribution in [3.8, 4) is 5.75 Å². The average molecular weight is 247 g/mol. The number of hydrogen-bond acceptors (Lipinski definition) is 2. The fraction of sp³-hybridized carbons (Fsp3) is 0.364. The van der Waals surface area contributed by atoms with E-state index in [0.29, 0.717) is 10.6 Å². The van der Waals surface area contributed by atoms with Crippen molar-refractivity contribution < 1.29 is 19.0 Å². The number of carboxylic acid groups (broad SMARTS) is 1. The predicted molar refractivity (Wildman–Crippen MR) is 58.6 cm³/mol. The number of aliphatic carboxylic acids is 1. The molecule has 0 fully saturated rings. The van der Waals surface area contributed by atoms with Crippen molar-refractivity contribution in [1.29, 1.82) is 0 Å². The molecule has 0 amide bonds. The summed E-state index contributed by atoms with van der Waals surface area (Å²) in [4.78, 5) is 10.6. The van der Waals surface area contributed by atoms with E-state index in [9.17, 15) is 9.18 Å². The number of benzene rings is 1. The largest absolute Gasteiger partial charge is 0.493 e. The molecule has 0 aliphatic carbocycles. The molecule has 1 rings (SSSR count). The Morgan fingerprint density at radius 2 is 2.25 bits per heavy atom. The highest BCUT2D eigenvalue weighted by molar-refractivity contribution is 6.31. The first-order valence-electron chi connectivity index (χ1n) is 4.71. The molecule has 0 aromatic heterocycles. The van der Waals surface area contributed by atoms with Gasteiger partial charge in [0, 0.05) is 10.6 Å². The quantitative estimate of drug-likeness (QED) is 0.888. The minimum atomic E-state index is -0.963. The Morgan fingerprint density at radius 3 is 2.75 bits per heavy atom. The van der Waals surface area contributed by atoms with Crippen LogP contribution in [-0.4, -0.2) is 18.2 Å². The number of halogens is 2. The third kappa shape index (κ3) is 2.64. The lowest BCUT2D eigenvalue weighted by Gasteiger charge is -2.16. The van der Waals surface area contributed by atoms with E-state index in [1.54, 1.807) is 6.92 Å². The van der Waals surface area contributed by atoms with Crippen molar-refractivity contribution in [2.24, 2.45) is 0 Å². The summed E-state index contributed by atoms with van der Waals surface area (Å²) in [5.74, 6) is -1.90. The Morgan fingerprint density at radius 1 is 1.62 bits per heavy atom. The van der Waals surface area contributed by atoms with E-state index in [-0.39, 0.29) is 12.2 Å². The van der Waals surface area contributed by atoms with Gasteiger partial charge in [-0.15, -0.1) is 0 Å². The summed E-state index contributed by atoms with van der Waals surface area (Å²) in [5.41, 5.74) is 0.395. The van der Waals surface area contributed by atoms with E-state index in [2.05, 4.69) is 0 Å². The number of rotatable bonds is 4. The Kier molecular flexibility index (Phi) is 4.12. The Hall–Kier alpha value is -1.29. The first-order valence-corrected chi connectivity index (χ1v) is 5.08. The van der Waals surface area contributed by atoms with Crippen LogP contribution in [0.25, 0.3) is 0 Å². The lowest BCUT2D eigenvalue weighted by molar-refractivity contribution is -0.137. The second kappa shape index (κ2) is 5.16. The summed E-state index contributed by atoms with van der Waals surface area (Å²) in [7, 11) is 1.33. The molecule has 0 saturated heterocycles. The molecule has 5 heteroatoms. The van der Waals surface area contributed by atoms with Crippen LogP contribution in [0.5, 0.6) is 5.75 Å². The van der Waals surface area contributed by atoms with Crippen LogP contribution in [0.3, 0.4) is 0 Å². The molecule has 1 aromatic carbocycles. The van der Waals surface area contributed by atoms with Crippen molar-refractivity contribution in [1.82, 2.24) is 0 Å². The van der Waals surface area contributed by atoms with Crippen LogP contribution < -0.4 is 4.74 Å². The van der Waals surface area contributed by atoms with E-state index < -0.39 is 17.7 Å². The lowest BCUT2D eigenvalue weighted by atomic mass is 9.96. The zero-order chi connectivity index (χ0) is 12.3. The van der Waals surface area contributed by atoms with Gasteiger partial charge in [0.25, 0.3) is 0 Å². The molecule has 1 N–H and O–H groups in total. The molecule has 0 aliphatic heterocycles. The standard InChI is InChI=1S/C11H12ClFO3/c1-6(5-9(14)15)10-7(12)3-4-8(13)11(10)16-2/h3-4,6H,5H2,1-2H3,(H,14,15). The van der Waals surface area contributed by atoms with Gasteiger partial charge in [-0.1, -0.05) is 18.5 Å². The fourth-order valence-corrected chi connectivity index (χ4v) is 1.91. The van der Waals surface area contributed by atoms with E-state index in [1.807, 2.05) is 0 Å². The SMILES string of the molecule is COc1c(F)ccc(Cl)c1C(C)CC(=O)O. The summed E-state index contributed by atoms with van der Waals surface area (Å²) in [6.07, 6.45) is -0.125. The van der Waals surface area contributed by atoms with Gasteiger partial charge >= 0.3 is 5.97 Å². The monoisotopic (exact) mass is 246 g/mol. The van der Waals surface area contributed by atoms with Crippen molar-refractivity contribution in [2.75, 3.05) is 7.11 Å². The number of ether oxygens (including phenoxy) is 1. The smallest absolute Gasteiger partial charge is 0.303 e. The van der Waals surface area contributed by atoms with Gasteiger partial charge < -0.3 is 9.84 Å². The number of hydrogen-bond donors (Lipinski definition) is 1. The Bertz CT molecular complexity index is 406. The van der Waals surface area contributed by atoms with Crippen LogP contribution in [0, 0.1) is 5.82 Å². The maximum Gasteiger partial charge on any atom is 0.303 e. The van der Waals surface area contributed by atoms with Crippen molar-refractivity contribution in [3.63, 3.8) is 0 Å². The highest BCUT2D eigenvalue weighted by atomic mass is 35.5. The topological polar surface area (TPSA) is 46.5 Å². The first-order chi connectivity index (χ1) is 7.47. The second-order valence-corrected chi connectivity index (χ2v) is 3.88. The van der Waals surface area contributed by atoms with Crippen LogP contribution in [-0.2, 0) is 4.79 Å². The van der Waals surface area contributed by atoms with E-state index in [0.717, 1.165) is 0 Å². The molecule has 3 nitrogen and oxygen atoms in total. The third-order valence-electron chi connectivity index (χ3n) is 2.27. The van der Waals surface area contributed by atoms with Gasteiger partial charge in [0.1, 0.15) is 0 Å². The van der Waals surface area contributed by atoms with E-state index >= 15 is 0 Å². The van der Waals surface area contributed by atoms with Crippen LogP contribution in [0.1, 0.15) is 24.8 Å².